The lowest BCUT2D eigenvalue weighted by Gasteiger charge is -2.12. The van der Waals surface area contributed by atoms with Gasteiger partial charge in [0.05, 0.1) is 32.0 Å². The highest BCUT2D eigenvalue weighted by molar-refractivity contribution is 5.91. The summed E-state index contributed by atoms with van der Waals surface area (Å²) in [6, 6.07) is 19.4. The first-order chi connectivity index (χ1) is 24.0. The molecule has 0 aliphatic carbocycles. The minimum atomic E-state index is -0.471. The summed E-state index contributed by atoms with van der Waals surface area (Å²) in [7, 11) is 0. The molecule has 0 unspecified atom stereocenters. The zero-order chi connectivity index (χ0) is 34.9. The van der Waals surface area contributed by atoms with E-state index in [1.165, 1.54) is 6.26 Å². The zero-order valence-electron chi connectivity index (χ0n) is 28.2. The van der Waals surface area contributed by atoms with Crippen molar-refractivity contribution in [2.24, 2.45) is 0 Å². The van der Waals surface area contributed by atoms with Gasteiger partial charge in [-0.05, 0) is 124 Å². The molecule has 10 nitrogen and oxygen atoms in total. The van der Waals surface area contributed by atoms with E-state index < -0.39 is 11.9 Å². The molecule has 0 spiro atoms. The number of rotatable bonds is 25. The van der Waals surface area contributed by atoms with E-state index in [1.807, 2.05) is 31.2 Å². The quantitative estimate of drug-likeness (QED) is 0.00999. The normalized spacial score (nSPS) is 10.3. The molecule has 0 N–H and O–H groups in total. The van der Waals surface area contributed by atoms with Crippen molar-refractivity contribution >= 4 is 11.9 Å². The van der Waals surface area contributed by atoms with E-state index in [2.05, 4.69) is 18.9 Å². The van der Waals surface area contributed by atoms with E-state index in [-0.39, 0.29) is 6.79 Å². The van der Waals surface area contributed by atoms with Crippen LogP contribution in [0.4, 0.5) is 0 Å². The van der Waals surface area contributed by atoms with Gasteiger partial charge < -0.3 is 33.3 Å². The molecule has 0 aromatic heterocycles. The van der Waals surface area contributed by atoms with Crippen LogP contribution in [-0.2, 0) is 19.3 Å². The maximum Gasteiger partial charge on any atom is 0.343 e. The van der Waals surface area contributed by atoms with E-state index in [0.29, 0.717) is 55.0 Å². The predicted molar refractivity (Wildman–Crippen MR) is 185 cm³/mol. The second-order valence-corrected chi connectivity index (χ2v) is 10.9. The number of benzene rings is 3. The molecular formula is C39H46O10. The van der Waals surface area contributed by atoms with Crippen molar-refractivity contribution in [2.45, 2.75) is 58.3 Å². The predicted octanol–water partition coefficient (Wildman–Crippen LogP) is 8.48. The van der Waals surface area contributed by atoms with Crippen LogP contribution in [0.3, 0.4) is 0 Å². The highest BCUT2D eigenvalue weighted by Crippen LogP contribution is 2.25. The molecular weight excluding hydrogens is 628 g/mol. The first kappa shape index (κ1) is 38.3. The fraction of sp³-hybridized carbons (Fsp3) is 0.359. The summed E-state index contributed by atoms with van der Waals surface area (Å²) in [5.74, 6) is 2.26. The Hall–Kier alpha value is -5.18. The second-order valence-electron chi connectivity index (χ2n) is 10.9. The molecule has 0 atom stereocenters. The lowest BCUT2D eigenvalue weighted by molar-refractivity contribution is -0.248. The summed E-state index contributed by atoms with van der Waals surface area (Å²) in [5, 5.41) is 0. The van der Waals surface area contributed by atoms with Crippen LogP contribution >= 0.6 is 0 Å². The third-order valence-corrected chi connectivity index (χ3v) is 7.02. The highest BCUT2D eigenvalue weighted by atomic mass is 17.2. The monoisotopic (exact) mass is 674 g/mol. The third kappa shape index (κ3) is 16.0. The van der Waals surface area contributed by atoms with E-state index in [4.69, 9.17) is 38.2 Å². The van der Waals surface area contributed by atoms with E-state index in [1.54, 1.807) is 42.5 Å². The Morgan fingerprint density at radius 3 is 1.82 bits per heavy atom. The molecule has 0 saturated heterocycles. The van der Waals surface area contributed by atoms with E-state index in [9.17, 15) is 9.59 Å². The Morgan fingerprint density at radius 2 is 1.22 bits per heavy atom. The van der Waals surface area contributed by atoms with Crippen molar-refractivity contribution in [3.05, 3.63) is 109 Å². The van der Waals surface area contributed by atoms with Gasteiger partial charge in [-0.2, -0.15) is 4.89 Å². The molecule has 0 amide bonds. The molecule has 0 bridgehead atoms. The van der Waals surface area contributed by atoms with Crippen LogP contribution in [0.25, 0.3) is 0 Å². The summed E-state index contributed by atoms with van der Waals surface area (Å²) in [6.45, 7) is 10.8. The number of carbonyl (C=O) groups excluding carboxylic acids is 2. The highest BCUT2D eigenvalue weighted by Gasteiger charge is 2.11. The van der Waals surface area contributed by atoms with Gasteiger partial charge in [-0.25, -0.2) is 9.59 Å². The standard InChI is InChI=1S/C39H46O10/c1-4-24-47-48-28-13-9-8-11-26-43-34-18-20-35(21-19-34)45-30-46-37-23-22-36(29-31(37)3)49-39(41)32-14-16-33(17-15-32)42-25-10-6-7-12-27-44-38(40)5-2/h5,14-24,29H,1-2,6-13,25-28,30H2,3H3. The fourth-order valence-electron chi connectivity index (χ4n) is 4.40. The summed E-state index contributed by atoms with van der Waals surface area (Å²) < 4.78 is 33.6. The summed E-state index contributed by atoms with van der Waals surface area (Å²) in [6.07, 6.45) is 9.94. The molecule has 3 aromatic carbocycles. The van der Waals surface area contributed by atoms with Crippen LogP contribution in [0.1, 0.15) is 67.3 Å². The average molecular weight is 675 g/mol. The molecule has 49 heavy (non-hydrogen) atoms. The van der Waals surface area contributed by atoms with Crippen LogP contribution < -0.4 is 23.7 Å². The smallest absolute Gasteiger partial charge is 0.343 e. The van der Waals surface area contributed by atoms with Gasteiger partial charge in [0, 0.05) is 6.08 Å². The van der Waals surface area contributed by atoms with Crippen LogP contribution in [-0.4, -0.2) is 45.2 Å². The summed E-state index contributed by atoms with van der Waals surface area (Å²) in [5.41, 5.74) is 3.68. The number of ether oxygens (including phenoxy) is 6. The first-order valence-electron chi connectivity index (χ1n) is 16.4. The van der Waals surface area contributed by atoms with Gasteiger partial charge in [0.15, 0.2) is 6.26 Å². The molecule has 262 valence electrons. The first-order valence-corrected chi connectivity index (χ1v) is 16.4. The molecule has 0 saturated carbocycles. The van der Waals surface area contributed by atoms with Crippen molar-refractivity contribution in [1.82, 2.24) is 0 Å². The van der Waals surface area contributed by atoms with Crippen LogP contribution in [0.5, 0.6) is 28.7 Å². The van der Waals surface area contributed by atoms with Crippen LogP contribution in [0.2, 0.25) is 0 Å². The number of hydrogen-bond donors (Lipinski definition) is 0. The molecule has 3 rings (SSSR count). The van der Waals surface area contributed by atoms with Crippen molar-refractivity contribution in [2.75, 3.05) is 33.2 Å². The maximum absolute atomic E-state index is 12.7. The van der Waals surface area contributed by atoms with Crippen molar-refractivity contribution < 1.29 is 47.8 Å². The SMILES string of the molecule is C=C=COOCCCCCCOc1ccc(OCOc2ccc(OC(=O)c3ccc(OCCCCCCOC(=O)C=C)cc3)cc2C)cc1. The van der Waals surface area contributed by atoms with Crippen molar-refractivity contribution in [3.8, 4) is 28.7 Å². The van der Waals surface area contributed by atoms with Crippen molar-refractivity contribution in [1.29, 1.82) is 0 Å². The summed E-state index contributed by atoms with van der Waals surface area (Å²) in [4.78, 5) is 33.4. The molecule has 0 fully saturated rings. The minimum absolute atomic E-state index is 0.0143. The lowest BCUT2D eigenvalue weighted by atomic mass is 10.2. The van der Waals surface area contributed by atoms with Gasteiger partial charge in [-0.15, -0.1) is 0 Å². The lowest BCUT2D eigenvalue weighted by Crippen LogP contribution is -2.09. The molecule has 0 aliphatic rings. The Morgan fingerprint density at radius 1 is 0.673 bits per heavy atom. The maximum atomic E-state index is 12.7. The topological polar surface area (TPSA) is 108 Å². The van der Waals surface area contributed by atoms with E-state index in [0.717, 1.165) is 68.8 Å². The zero-order valence-corrected chi connectivity index (χ0v) is 28.2. The Bertz CT molecular complexity index is 1460. The number of esters is 2. The van der Waals surface area contributed by atoms with Gasteiger partial charge in [0.1, 0.15) is 28.7 Å². The third-order valence-electron chi connectivity index (χ3n) is 7.02. The summed E-state index contributed by atoms with van der Waals surface area (Å²) >= 11 is 0. The number of carbonyl (C=O) groups is 2. The van der Waals surface area contributed by atoms with Gasteiger partial charge in [0.25, 0.3) is 0 Å². The number of aryl methyl sites for hydroxylation is 1. The molecule has 0 radical (unpaired) electrons. The molecule has 3 aromatic rings. The van der Waals surface area contributed by atoms with Gasteiger partial charge in [0.2, 0.25) is 6.79 Å². The Balaban J connectivity index is 1.29. The number of hydrogen-bond acceptors (Lipinski definition) is 10. The largest absolute Gasteiger partial charge is 0.494 e. The fourth-order valence-corrected chi connectivity index (χ4v) is 4.40. The second kappa shape index (κ2) is 23.2. The molecule has 0 aliphatic heterocycles. The van der Waals surface area contributed by atoms with Crippen LogP contribution in [0.15, 0.2) is 98.0 Å². The van der Waals surface area contributed by atoms with Gasteiger partial charge in [-0.3, -0.25) is 0 Å². The van der Waals surface area contributed by atoms with Crippen molar-refractivity contribution in [3.63, 3.8) is 0 Å². The van der Waals surface area contributed by atoms with Gasteiger partial charge in [-0.1, -0.05) is 25.3 Å². The Labute approximate surface area is 288 Å². The van der Waals surface area contributed by atoms with Gasteiger partial charge >= 0.3 is 11.9 Å². The molecule has 10 heteroatoms. The minimum Gasteiger partial charge on any atom is -0.494 e. The van der Waals surface area contributed by atoms with E-state index >= 15 is 0 Å². The average Bonchev–Trinajstić information content (AvgIpc) is 3.11. The number of unbranched alkanes of at least 4 members (excludes halogenated alkanes) is 6. The molecule has 0 heterocycles. The van der Waals surface area contributed by atoms with Crippen LogP contribution in [0, 0.1) is 6.92 Å². The Kier molecular flexibility index (Phi) is 18.1.